The molecule has 0 radical (unpaired) electrons. The first-order valence-corrected chi connectivity index (χ1v) is 5.45. The van der Waals surface area contributed by atoms with Crippen LogP contribution in [0.2, 0.25) is 5.02 Å². The third kappa shape index (κ3) is 3.17. The minimum Gasteiger partial charge on any atom is -0.466 e. The summed E-state index contributed by atoms with van der Waals surface area (Å²) in [6, 6.07) is 4.22. The molecule has 1 atom stereocenters. The molecule has 0 aliphatic rings. The summed E-state index contributed by atoms with van der Waals surface area (Å²) in [6.45, 7) is 3.49. The number of halogens is 1. The van der Waals surface area contributed by atoms with Crippen LogP contribution in [0.15, 0.2) is 18.2 Å². The van der Waals surface area contributed by atoms with Crippen LogP contribution in [0.25, 0.3) is 0 Å². The van der Waals surface area contributed by atoms with E-state index >= 15 is 0 Å². The summed E-state index contributed by atoms with van der Waals surface area (Å²) >= 11 is 5.69. The SMILES string of the molecule is CCOC(=O)[C@H](C)c1ccc(Cl)cc1[N+](=O)[O-]. The maximum absolute atomic E-state index is 11.5. The third-order valence-electron chi connectivity index (χ3n) is 2.30. The maximum Gasteiger partial charge on any atom is 0.313 e. The largest absolute Gasteiger partial charge is 0.466 e. The van der Waals surface area contributed by atoms with Crippen LogP contribution < -0.4 is 0 Å². The molecule has 1 aromatic carbocycles. The van der Waals surface area contributed by atoms with Crippen LogP contribution in [0.3, 0.4) is 0 Å². The molecule has 17 heavy (non-hydrogen) atoms. The number of nitrogens with zero attached hydrogens (tertiary/aromatic N) is 1. The third-order valence-corrected chi connectivity index (χ3v) is 2.53. The van der Waals surface area contributed by atoms with Crippen LogP contribution in [0, 0.1) is 10.1 Å². The highest BCUT2D eigenvalue weighted by molar-refractivity contribution is 6.30. The fraction of sp³-hybridized carbons (Fsp3) is 0.364. The van der Waals surface area contributed by atoms with Crippen molar-refractivity contribution in [2.24, 2.45) is 0 Å². The summed E-state index contributed by atoms with van der Waals surface area (Å²) < 4.78 is 4.83. The molecule has 0 saturated carbocycles. The molecule has 0 aliphatic heterocycles. The Bertz CT molecular complexity index is 447. The predicted octanol–water partition coefficient (Wildman–Crippen LogP) is 2.91. The first-order chi connectivity index (χ1) is 7.97. The molecule has 0 heterocycles. The van der Waals surface area contributed by atoms with Gasteiger partial charge in [0.05, 0.1) is 17.4 Å². The van der Waals surface area contributed by atoms with E-state index in [1.54, 1.807) is 13.8 Å². The number of ether oxygens (including phenoxy) is 1. The Morgan fingerprint density at radius 2 is 2.24 bits per heavy atom. The summed E-state index contributed by atoms with van der Waals surface area (Å²) in [5.74, 6) is -1.18. The number of nitro groups is 1. The van der Waals surface area contributed by atoms with Crippen LogP contribution >= 0.6 is 11.6 Å². The highest BCUT2D eigenvalue weighted by Gasteiger charge is 2.25. The van der Waals surface area contributed by atoms with Crippen molar-refractivity contribution < 1.29 is 14.5 Å². The quantitative estimate of drug-likeness (QED) is 0.472. The molecule has 1 aromatic rings. The minimum absolute atomic E-state index is 0.168. The normalized spacial score (nSPS) is 11.9. The van der Waals surface area contributed by atoms with E-state index in [1.807, 2.05) is 0 Å². The molecule has 0 saturated heterocycles. The second kappa shape index (κ2) is 5.63. The van der Waals surface area contributed by atoms with E-state index in [9.17, 15) is 14.9 Å². The lowest BCUT2D eigenvalue weighted by atomic mass is 9.99. The molecule has 0 unspecified atom stereocenters. The second-order valence-corrected chi connectivity index (χ2v) is 3.87. The van der Waals surface area contributed by atoms with Gasteiger partial charge in [0.2, 0.25) is 0 Å². The van der Waals surface area contributed by atoms with Gasteiger partial charge in [0.25, 0.3) is 5.69 Å². The van der Waals surface area contributed by atoms with Gasteiger partial charge in [-0.05, 0) is 26.0 Å². The first kappa shape index (κ1) is 13.4. The molecule has 0 N–H and O–H groups in total. The van der Waals surface area contributed by atoms with E-state index in [1.165, 1.54) is 18.2 Å². The average molecular weight is 258 g/mol. The summed E-state index contributed by atoms with van der Waals surface area (Å²) in [5, 5.41) is 11.1. The Morgan fingerprint density at radius 3 is 2.76 bits per heavy atom. The number of hydrogen-bond donors (Lipinski definition) is 0. The maximum atomic E-state index is 11.5. The Morgan fingerprint density at radius 1 is 1.59 bits per heavy atom. The van der Waals surface area contributed by atoms with Crippen molar-refractivity contribution in [2.75, 3.05) is 6.61 Å². The standard InChI is InChI=1S/C11H12ClNO4/c1-3-17-11(14)7(2)9-5-4-8(12)6-10(9)13(15)16/h4-7H,3H2,1-2H3/t7-/m1/s1. The number of benzene rings is 1. The van der Waals surface area contributed by atoms with Gasteiger partial charge in [-0.2, -0.15) is 0 Å². The Kier molecular flexibility index (Phi) is 4.45. The van der Waals surface area contributed by atoms with E-state index in [-0.39, 0.29) is 17.3 Å². The number of carbonyl (C=O) groups excluding carboxylic acids is 1. The summed E-state index contributed by atoms with van der Waals surface area (Å²) in [7, 11) is 0. The van der Waals surface area contributed by atoms with E-state index in [0.717, 1.165) is 0 Å². The zero-order valence-corrected chi connectivity index (χ0v) is 10.2. The van der Waals surface area contributed by atoms with E-state index in [0.29, 0.717) is 5.56 Å². The smallest absolute Gasteiger partial charge is 0.313 e. The fourth-order valence-electron chi connectivity index (χ4n) is 1.44. The van der Waals surface area contributed by atoms with Gasteiger partial charge in [-0.3, -0.25) is 14.9 Å². The molecule has 0 bridgehead atoms. The van der Waals surface area contributed by atoms with Crippen molar-refractivity contribution >= 4 is 23.3 Å². The Balaban J connectivity index is 3.12. The van der Waals surface area contributed by atoms with E-state index in [2.05, 4.69) is 0 Å². The van der Waals surface area contributed by atoms with Gasteiger partial charge in [-0.15, -0.1) is 0 Å². The van der Waals surface area contributed by atoms with Crippen molar-refractivity contribution in [2.45, 2.75) is 19.8 Å². The van der Waals surface area contributed by atoms with Crippen LogP contribution in [0.1, 0.15) is 25.3 Å². The van der Waals surface area contributed by atoms with Gasteiger partial charge < -0.3 is 4.74 Å². The predicted molar refractivity (Wildman–Crippen MR) is 63.2 cm³/mol. The van der Waals surface area contributed by atoms with Crippen molar-refractivity contribution in [1.82, 2.24) is 0 Å². The number of nitro benzene ring substituents is 1. The van der Waals surface area contributed by atoms with Gasteiger partial charge in [0, 0.05) is 16.7 Å². The highest BCUT2D eigenvalue weighted by Crippen LogP contribution is 2.30. The van der Waals surface area contributed by atoms with E-state index in [4.69, 9.17) is 16.3 Å². The molecule has 6 heteroatoms. The summed E-state index contributed by atoms with van der Waals surface area (Å²) in [6.07, 6.45) is 0. The molecule has 0 amide bonds. The fourth-order valence-corrected chi connectivity index (χ4v) is 1.60. The Labute approximate surface area is 103 Å². The van der Waals surface area contributed by atoms with Gasteiger partial charge in [0.1, 0.15) is 0 Å². The topological polar surface area (TPSA) is 69.4 Å². The molecular weight excluding hydrogens is 246 g/mol. The second-order valence-electron chi connectivity index (χ2n) is 3.43. The zero-order valence-electron chi connectivity index (χ0n) is 9.47. The van der Waals surface area contributed by atoms with Crippen LogP contribution in [-0.2, 0) is 9.53 Å². The van der Waals surface area contributed by atoms with Gasteiger partial charge in [0.15, 0.2) is 0 Å². The van der Waals surface area contributed by atoms with Crippen molar-refractivity contribution in [1.29, 1.82) is 0 Å². The molecule has 0 fully saturated rings. The molecule has 0 aromatic heterocycles. The van der Waals surface area contributed by atoms with Gasteiger partial charge in [-0.25, -0.2) is 0 Å². The summed E-state index contributed by atoms with van der Waals surface area (Å²) in [4.78, 5) is 21.8. The van der Waals surface area contributed by atoms with Crippen LogP contribution in [0.5, 0.6) is 0 Å². The number of carbonyl (C=O) groups is 1. The molecular formula is C11H12ClNO4. The number of rotatable bonds is 4. The molecule has 5 nitrogen and oxygen atoms in total. The van der Waals surface area contributed by atoms with Crippen molar-refractivity contribution in [3.05, 3.63) is 38.9 Å². The lowest BCUT2D eigenvalue weighted by molar-refractivity contribution is -0.385. The van der Waals surface area contributed by atoms with Gasteiger partial charge >= 0.3 is 5.97 Å². The average Bonchev–Trinajstić information content (AvgIpc) is 2.28. The molecule has 0 aliphatic carbocycles. The lowest BCUT2D eigenvalue weighted by Gasteiger charge is -2.11. The van der Waals surface area contributed by atoms with Crippen molar-refractivity contribution in [3.63, 3.8) is 0 Å². The monoisotopic (exact) mass is 257 g/mol. The van der Waals surface area contributed by atoms with Crippen LogP contribution in [0.4, 0.5) is 5.69 Å². The number of hydrogen-bond acceptors (Lipinski definition) is 4. The lowest BCUT2D eigenvalue weighted by Crippen LogP contribution is -2.14. The van der Waals surface area contributed by atoms with Gasteiger partial charge in [-0.1, -0.05) is 11.6 Å². The van der Waals surface area contributed by atoms with E-state index < -0.39 is 16.8 Å². The number of esters is 1. The Hall–Kier alpha value is -1.62. The zero-order chi connectivity index (χ0) is 13.0. The minimum atomic E-state index is -0.687. The van der Waals surface area contributed by atoms with Crippen LogP contribution in [-0.4, -0.2) is 17.5 Å². The summed E-state index contributed by atoms with van der Waals surface area (Å²) in [5.41, 5.74) is 0.135. The highest BCUT2D eigenvalue weighted by atomic mass is 35.5. The molecule has 1 rings (SSSR count). The molecule has 92 valence electrons. The molecule has 0 spiro atoms. The van der Waals surface area contributed by atoms with Crippen molar-refractivity contribution in [3.8, 4) is 0 Å². The first-order valence-electron chi connectivity index (χ1n) is 5.07.